The zero-order valence-corrected chi connectivity index (χ0v) is 13.8. The summed E-state index contributed by atoms with van der Waals surface area (Å²) >= 11 is 0. The second-order valence-electron chi connectivity index (χ2n) is 5.28. The van der Waals surface area contributed by atoms with Gasteiger partial charge in [0.1, 0.15) is 18.4 Å². The van der Waals surface area contributed by atoms with Crippen LogP contribution >= 0.6 is 7.82 Å². The number of aromatic nitrogens is 2. The van der Waals surface area contributed by atoms with Gasteiger partial charge in [-0.15, -0.1) is 0 Å². The van der Waals surface area contributed by atoms with Gasteiger partial charge >= 0.3 is 19.5 Å². The summed E-state index contributed by atoms with van der Waals surface area (Å²) < 4.78 is 26.9. The summed E-state index contributed by atoms with van der Waals surface area (Å²) in [6.45, 7) is 2.14. The highest BCUT2D eigenvalue weighted by Crippen LogP contribution is 2.38. The van der Waals surface area contributed by atoms with Crippen LogP contribution in [0.25, 0.3) is 0 Å². The first kappa shape index (κ1) is 18.6. The molecule has 0 amide bonds. The number of hydrogen-bond acceptors (Lipinski definition) is 7. The van der Waals surface area contributed by atoms with Crippen molar-refractivity contribution in [1.82, 2.24) is 9.55 Å². The van der Waals surface area contributed by atoms with E-state index in [2.05, 4.69) is 9.51 Å². The van der Waals surface area contributed by atoms with Crippen molar-refractivity contribution in [3.8, 4) is 0 Å². The molecule has 1 aromatic rings. The summed E-state index contributed by atoms with van der Waals surface area (Å²) in [5, 5.41) is 0. The molecule has 24 heavy (non-hydrogen) atoms. The number of carbonyl (C=O) groups is 1. The third-order valence-electron chi connectivity index (χ3n) is 3.36. The molecule has 1 saturated heterocycles. The molecule has 1 aromatic heterocycles. The van der Waals surface area contributed by atoms with E-state index < -0.39 is 50.1 Å². The summed E-state index contributed by atoms with van der Waals surface area (Å²) in [4.78, 5) is 54.1. The summed E-state index contributed by atoms with van der Waals surface area (Å²) in [5.74, 6) is -0.615. The molecule has 1 aliphatic rings. The molecule has 0 aromatic carbocycles. The van der Waals surface area contributed by atoms with E-state index in [0.717, 1.165) is 4.57 Å². The first-order valence-corrected chi connectivity index (χ1v) is 8.44. The fraction of sp³-hybridized carbons (Fsp3) is 0.583. The lowest BCUT2D eigenvalue weighted by molar-refractivity contribution is -0.150. The van der Waals surface area contributed by atoms with Crippen LogP contribution in [-0.4, -0.2) is 44.1 Å². The lowest BCUT2D eigenvalue weighted by Gasteiger charge is -2.18. The molecule has 0 saturated carbocycles. The van der Waals surface area contributed by atoms with Crippen LogP contribution in [0.15, 0.2) is 15.8 Å². The Morgan fingerprint density at radius 1 is 1.50 bits per heavy atom. The number of hydrogen-bond donors (Lipinski definition) is 3. The fourth-order valence-electron chi connectivity index (χ4n) is 2.33. The number of rotatable bonds is 5. The van der Waals surface area contributed by atoms with Crippen molar-refractivity contribution in [2.75, 3.05) is 6.61 Å². The lowest BCUT2D eigenvalue weighted by atomic mass is 10.2. The molecule has 1 fully saturated rings. The molecule has 134 valence electrons. The normalized spacial score (nSPS) is 24.1. The molecular formula is C12H17N2O9P. The second-order valence-corrected chi connectivity index (χ2v) is 6.52. The van der Waals surface area contributed by atoms with Crippen molar-refractivity contribution in [2.24, 2.45) is 0 Å². The monoisotopic (exact) mass is 364 g/mol. The Morgan fingerprint density at radius 3 is 2.75 bits per heavy atom. The Hall–Kier alpha value is -1.78. The molecule has 0 aliphatic carbocycles. The molecule has 11 nitrogen and oxygen atoms in total. The summed E-state index contributed by atoms with van der Waals surface area (Å²) in [5.41, 5.74) is -0.974. The molecular weight excluding hydrogens is 347 g/mol. The number of phosphoric acid groups is 1. The molecule has 2 heterocycles. The van der Waals surface area contributed by atoms with Crippen molar-refractivity contribution in [1.29, 1.82) is 0 Å². The van der Waals surface area contributed by atoms with E-state index >= 15 is 0 Å². The number of ether oxygens (including phenoxy) is 2. The molecule has 2 rings (SSSR count). The average molecular weight is 364 g/mol. The molecule has 0 spiro atoms. The van der Waals surface area contributed by atoms with Gasteiger partial charge in [0.05, 0.1) is 6.61 Å². The molecule has 0 unspecified atom stereocenters. The van der Waals surface area contributed by atoms with Gasteiger partial charge in [-0.2, -0.15) is 0 Å². The van der Waals surface area contributed by atoms with Crippen LogP contribution in [-0.2, 0) is 23.4 Å². The van der Waals surface area contributed by atoms with Crippen molar-refractivity contribution in [3.05, 3.63) is 32.6 Å². The predicted octanol–water partition coefficient (Wildman–Crippen LogP) is -0.826. The minimum atomic E-state index is -4.73. The second kappa shape index (κ2) is 6.99. The Bertz CT molecular complexity index is 779. The number of aryl methyl sites for hydroxylation is 1. The Kier molecular flexibility index (Phi) is 5.41. The van der Waals surface area contributed by atoms with E-state index in [9.17, 15) is 18.9 Å². The van der Waals surface area contributed by atoms with Crippen LogP contribution in [0.4, 0.5) is 0 Å². The number of aromatic amines is 1. The third kappa shape index (κ3) is 4.62. The van der Waals surface area contributed by atoms with E-state index in [1.807, 2.05) is 0 Å². The van der Waals surface area contributed by atoms with Crippen LogP contribution in [0, 0.1) is 6.92 Å². The van der Waals surface area contributed by atoms with E-state index in [0.29, 0.717) is 0 Å². The molecule has 1 aliphatic heterocycles. The molecule has 3 N–H and O–H groups in total. The zero-order valence-electron chi connectivity index (χ0n) is 12.9. The van der Waals surface area contributed by atoms with Crippen molar-refractivity contribution < 1.29 is 33.1 Å². The van der Waals surface area contributed by atoms with Gasteiger partial charge in [-0.3, -0.25) is 23.7 Å². The standard InChI is InChI=1S/C12H17N2O9P/c1-6-4-14(12(17)13-11(6)16)10-3-8(22-7(2)15)9(23-10)5-21-24(18,19)20/h4,8-10H,3,5H2,1-2H3,(H,13,16,17)(H2,18,19,20)/t8-,9+,10+/m0/s1. The third-order valence-corrected chi connectivity index (χ3v) is 3.85. The van der Waals surface area contributed by atoms with Gasteiger partial charge in [0.15, 0.2) is 0 Å². The summed E-state index contributed by atoms with van der Waals surface area (Å²) in [7, 11) is -4.73. The lowest BCUT2D eigenvalue weighted by Crippen LogP contribution is -2.33. The topological polar surface area (TPSA) is 157 Å². The van der Waals surface area contributed by atoms with E-state index in [1.54, 1.807) is 0 Å². The zero-order chi connectivity index (χ0) is 18.1. The van der Waals surface area contributed by atoms with Gasteiger partial charge < -0.3 is 19.3 Å². The average Bonchev–Trinajstić information content (AvgIpc) is 2.82. The highest BCUT2D eigenvalue weighted by atomic mass is 31.2. The van der Waals surface area contributed by atoms with Crippen LogP contribution in [0.2, 0.25) is 0 Å². The number of esters is 1. The Morgan fingerprint density at radius 2 is 2.17 bits per heavy atom. The molecule has 0 radical (unpaired) electrons. The highest BCUT2D eigenvalue weighted by molar-refractivity contribution is 7.46. The minimum Gasteiger partial charge on any atom is -0.460 e. The summed E-state index contributed by atoms with van der Waals surface area (Å²) in [6, 6.07) is 0. The Balaban J connectivity index is 2.23. The van der Waals surface area contributed by atoms with Gasteiger partial charge in [0, 0.05) is 25.1 Å². The molecule has 3 atom stereocenters. The largest absolute Gasteiger partial charge is 0.469 e. The van der Waals surface area contributed by atoms with Crippen molar-refractivity contribution in [3.63, 3.8) is 0 Å². The van der Waals surface area contributed by atoms with Crippen LogP contribution in [0.1, 0.15) is 25.1 Å². The van der Waals surface area contributed by atoms with Crippen molar-refractivity contribution in [2.45, 2.75) is 38.7 Å². The number of H-pyrrole nitrogens is 1. The number of nitrogens with one attached hydrogen (secondary N) is 1. The fourth-order valence-corrected chi connectivity index (χ4v) is 2.67. The minimum absolute atomic E-state index is 0.0557. The predicted molar refractivity (Wildman–Crippen MR) is 78.1 cm³/mol. The van der Waals surface area contributed by atoms with Crippen molar-refractivity contribution >= 4 is 13.8 Å². The van der Waals surface area contributed by atoms with Crippen LogP contribution in [0.3, 0.4) is 0 Å². The number of nitrogens with zero attached hydrogens (tertiary/aromatic N) is 1. The van der Waals surface area contributed by atoms with Gasteiger partial charge in [0.25, 0.3) is 5.56 Å². The quantitative estimate of drug-likeness (QED) is 0.448. The number of carbonyl (C=O) groups excluding carboxylic acids is 1. The molecule has 0 bridgehead atoms. The van der Waals surface area contributed by atoms with Gasteiger partial charge in [0.2, 0.25) is 0 Å². The first-order chi connectivity index (χ1) is 11.1. The number of phosphoric ester groups is 1. The van der Waals surface area contributed by atoms with Crippen LogP contribution in [0.5, 0.6) is 0 Å². The van der Waals surface area contributed by atoms with E-state index in [-0.39, 0.29) is 12.0 Å². The van der Waals surface area contributed by atoms with E-state index in [1.165, 1.54) is 20.0 Å². The van der Waals surface area contributed by atoms with Crippen LogP contribution < -0.4 is 11.2 Å². The highest BCUT2D eigenvalue weighted by Gasteiger charge is 2.40. The van der Waals surface area contributed by atoms with Gasteiger partial charge in [-0.1, -0.05) is 0 Å². The molecule has 12 heteroatoms. The Labute approximate surface area is 135 Å². The SMILES string of the molecule is CC(=O)O[C@H]1C[C@H](n2cc(C)c(=O)[nH]c2=O)O[C@@H]1COP(=O)(O)O. The maximum atomic E-state index is 11.9. The first-order valence-electron chi connectivity index (χ1n) is 6.91. The van der Waals surface area contributed by atoms with Gasteiger partial charge in [-0.05, 0) is 6.92 Å². The summed E-state index contributed by atoms with van der Waals surface area (Å²) in [6.07, 6.45) is -1.38. The maximum absolute atomic E-state index is 11.9. The maximum Gasteiger partial charge on any atom is 0.469 e. The smallest absolute Gasteiger partial charge is 0.460 e. The van der Waals surface area contributed by atoms with Gasteiger partial charge in [-0.25, -0.2) is 9.36 Å². The van der Waals surface area contributed by atoms with E-state index in [4.69, 9.17) is 19.3 Å².